The smallest absolute Gasteiger partial charge is 0.0755 e. The number of pyridine rings is 1. The molecule has 1 atom stereocenters. The summed E-state index contributed by atoms with van der Waals surface area (Å²) < 4.78 is 0. The number of fused-ring (bicyclic) bond motifs is 1. The Bertz CT molecular complexity index is 798. The first-order chi connectivity index (χ1) is 10.00. The van der Waals surface area contributed by atoms with Gasteiger partial charge in [-0.1, -0.05) is 42.5 Å². The zero-order valence-corrected chi connectivity index (χ0v) is 12.7. The maximum Gasteiger partial charge on any atom is 0.0755 e. The van der Waals surface area contributed by atoms with Crippen molar-refractivity contribution in [2.24, 2.45) is 5.73 Å². The molecule has 2 heteroatoms. The average Bonchev–Trinajstić information content (AvgIpc) is 2.49. The van der Waals surface area contributed by atoms with Gasteiger partial charge in [-0.05, 0) is 43.5 Å². The minimum Gasteiger partial charge on any atom is -0.318 e. The Kier molecular flexibility index (Phi) is 3.26. The van der Waals surface area contributed by atoms with Crippen LogP contribution in [0.4, 0.5) is 0 Å². The van der Waals surface area contributed by atoms with Crippen LogP contribution in [0.25, 0.3) is 10.9 Å². The molecule has 0 saturated heterocycles. The van der Waals surface area contributed by atoms with Crippen molar-refractivity contribution in [1.29, 1.82) is 0 Å². The quantitative estimate of drug-likeness (QED) is 0.766. The van der Waals surface area contributed by atoms with Crippen molar-refractivity contribution in [3.63, 3.8) is 0 Å². The van der Waals surface area contributed by atoms with E-state index in [1.165, 1.54) is 11.1 Å². The van der Waals surface area contributed by atoms with Gasteiger partial charge in [-0.2, -0.15) is 0 Å². The molecule has 0 aliphatic rings. The lowest BCUT2D eigenvalue weighted by Gasteiger charge is -2.27. The van der Waals surface area contributed by atoms with Crippen LogP contribution in [-0.4, -0.2) is 4.98 Å². The number of benzene rings is 2. The molecular formula is C19H20N2. The van der Waals surface area contributed by atoms with Gasteiger partial charge >= 0.3 is 0 Å². The summed E-state index contributed by atoms with van der Waals surface area (Å²) in [4.78, 5) is 4.53. The number of nitrogens with two attached hydrogens (primary N) is 1. The van der Waals surface area contributed by atoms with Crippen LogP contribution in [0.15, 0.2) is 54.7 Å². The predicted molar refractivity (Wildman–Crippen MR) is 88.3 cm³/mol. The SMILES string of the molecule is Cc1ccc(C(C)(N)c2cccc3cccnc23)cc1C. The van der Waals surface area contributed by atoms with Crippen LogP contribution in [0, 0.1) is 13.8 Å². The van der Waals surface area contributed by atoms with E-state index in [1.54, 1.807) is 0 Å². The highest BCUT2D eigenvalue weighted by Crippen LogP contribution is 2.31. The molecule has 0 aliphatic carbocycles. The van der Waals surface area contributed by atoms with E-state index in [9.17, 15) is 0 Å². The average molecular weight is 276 g/mol. The molecule has 3 rings (SSSR count). The van der Waals surface area contributed by atoms with Crippen molar-refractivity contribution in [2.75, 3.05) is 0 Å². The molecule has 1 unspecified atom stereocenters. The molecule has 0 spiro atoms. The molecule has 2 aromatic carbocycles. The van der Waals surface area contributed by atoms with Gasteiger partial charge in [0.2, 0.25) is 0 Å². The monoisotopic (exact) mass is 276 g/mol. The van der Waals surface area contributed by atoms with Crippen LogP contribution >= 0.6 is 0 Å². The predicted octanol–water partition coefficient (Wildman–Crippen LogP) is 4.07. The molecule has 0 aliphatic heterocycles. The molecule has 0 fully saturated rings. The Balaban J connectivity index is 2.22. The summed E-state index contributed by atoms with van der Waals surface area (Å²) >= 11 is 0. The first kappa shape index (κ1) is 13.8. The second kappa shape index (κ2) is 4.97. The van der Waals surface area contributed by atoms with E-state index in [4.69, 9.17) is 5.73 Å². The van der Waals surface area contributed by atoms with Crippen molar-refractivity contribution in [3.05, 3.63) is 77.0 Å². The first-order valence-corrected chi connectivity index (χ1v) is 7.21. The van der Waals surface area contributed by atoms with Gasteiger partial charge in [0.15, 0.2) is 0 Å². The Morgan fingerprint density at radius 2 is 1.71 bits per heavy atom. The van der Waals surface area contributed by atoms with Gasteiger partial charge in [0.1, 0.15) is 0 Å². The summed E-state index contributed by atoms with van der Waals surface area (Å²) in [5.74, 6) is 0. The standard InChI is InChI=1S/C19H20N2/c1-13-9-10-16(12-14(13)2)19(3,20)17-8-4-6-15-7-5-11-21-18(15)17/h4-12H,20H2,1-3H3. The van der Waals surface area contributed by atoms with E-state index < -0.39 is 5.54 Å². The maximum atomic E-state index is 6.70. The third-order valence-corrected chi connectivity index (χ3v) is 4.30. The van der Waals surface area contributed by atoms with Crippen LogP contribution in [0.2, 0.25) is 0 Å². The van der Waals surface area contributed by atoms with Crippen LogP contribution in [0.1, 0.15) is 29.2 Å². The van der Waals surface area contributed by atoms with Gasteiger partial charge in [-0.15, -0.1) is 0 Å². The molecule has 21 heavy (non-hydrogen) atoms. The molecule has 0 saturated carbocycles. The Morgan fingerprint density at radius 1 is 0.952 bits per heavy atom. The highest BCUT2D eigenvalue weighted by molar-refractivity contribution is 5.83. The van der Waals surface area contributed by atoms with Crippen LogP contribution in [0.5, 0.6) is 0 Å². The zero-order chi connectivity index (χ0) is 15.0. The number of hydrogen-bond acceptors (Lipinski definition) is 2. The van der Waals surface area contributed by atoms with Crippen LogP contribution in [0.3, 0.4) is 0 Å². The first-order valence-electron chi connectivity index (χ1n) is 7.21. The largest absolute Gasteiger partial charge is 0.318 e. The van der Waals surface area contributed by atoms with E-state index in [0.717, 1.165) is 22.0 Å². The van der Waals surface area contributed by atoms with Gasteiger partial charge in [-0.3, -0.25) is 4.98 Å². The Hall–Kier alpha value is -2.19. The molecule has 1 aromatic heterocycles. The minimum absolute atomic E-state index is 0.563. The Morgan fingerprint density at radius 3 is 2.48 bits per heavy atom. The summed E-state index contributed by atoms with van der Waals surface area (Å²) in [6, 6.07) is 16.6. The summed E-state index contributed by atoms with van der Waals surface area (Å²) in [6.45, 7) is 6.29. The van der Waals surface area contributed by atoms with Crippen molar-refractivity contribution >= 4 is 10.9 Å². The molecule has 2 N–H and O–H groups in total. The molecular weight excluding hydrogens is 256 g/mol. The number of rotatable bonds is 2. The van der Waals surface area contributed by atoms with Gasteiger partial charge in [0.05, 0.1) is 11.1 Å². The van der Waals surface area contributed by atoms with E-state index >= 15 is 0 Å². The van der Waals surface area contributed by atoms with E-state index in [1.807, 2.05) is 18.3 Å². The fourth-order valence-corrected chi connectivity index (χ4v) is 2.74. The fraction of sp³-hybridized carbons (Fsp3) is 0.211. The summed E-state index contributed by atoms with van der Waals surface area (Å²) in [6.07, 6.45) is 1.82. The number of hydrogen-bond donors (Lipinski definition) is 1. The van der Waals surface area contributed by atoms with Gasteiger partial charge in [0.25, 0.3) is 0 Å². The van der Waals surface area contributed by atoms with E-state index in [0.29, 0.717) is 0 Å². The molecule has 2 nitrogen and oxygen atoms in total. The van der Waals surface area contributed by atoms with Gasteiger partial charge in [-0.25, -0.2) is 0 Å². The van der Waals surface area contributed by atoms with Crippen LogP contribution < -0.4 is 5.73 Å². The highest BCUT2D eigenvalue weighted by atomic mass is 14.8. The fourth-order valence-electron chi connectivity index (χ4n) is 2.74. The van der Waals surface area contributed by atoms with E-state index in [-0.39, 0.29) is 0 Å². The second-order valence-electron chi connectivity index (χ2n) is 5.88. The number of nitrogens with zero attached hydrogens (tertiary/aromatic N) is 1. The highest BCUT2D eigenvalue weighted by Gasteiger charge is 2.26. The molecule has 0 amide bonds. The molecule has 3 aromatic rings. The van der Waals surface area contributed by atoms with E-state index in [2.05, 4.69) is 62.2 Å². The molecule has 106 valence electrons. The van der Waals surface area contributed by atoms with Crippen molar-refractivity contribution in [1.82, 2.24) is 4.98 Å². The lowest BCUT2D eigenvalue weighted by molar-refractivity contribution is 0.606. The number of aromatic nitrogens is 1. The molecule has 0 radical (unpaired) electrons. The van der Waals surface area contributed by atoms with Crippen molar-refractivity contribution in [2.45, 2.75) is 26.3 Å². The third kappa shape index (κ3) is 2.32. The van der Waals surface area contributed by atoms with Crippen molar-refractivity contribution < 1.29 is 0 Å². The third-order valence-electron chi connectivity index (χ3n) is 4.30. The zero-order valence-electron chi connectivity index (χ0n) is 12.7. The summed E-state index contributed by atoms with van der Waals surface area (Å²) in [5, 5.41) is 1.12. The lowest BCUT2D eigenvalue weighted by Crippen LogP contribution is -2.34. The second-order valence-corrected chi connectivity index (χ2v) is 5.88. The van der Waals surface area contributed by atoms with Gasteiger partial charge in [0, 0.05) is 17.1 Å². The maximum absolute atomic E-state index is 6.70. The number of para-hydroxylation sites is 1. The molecule has 0 bridgehead atoms. The molecule has 1 heterocycles. The number of aryl methyl sites for hydroxylation is 2. The minimum atomic E-state index is -0.563. The van der Waals surface area contributed by atoms with Crippen molar-refractivity contribution in [3.8, 4) is 0 Å². The normalized spacial score (nSPS) is 14.1. The summed E-state index contributed by atoms with van der Waals surface area (Å²) in [7, 11) is 0. The Labute approximate surface area is 125 Å². The lowest BCUT2D eigenvalue weighted by atomic mass is 9.83. The van der Waals surface area contributed by atoms with Crippen LogP contribution in [-0.2, 0) is 5.54 Å². The van der Waals surface area contributed by atoms with Gasteiger partial charge < -0.3 is 5.73 Å². The topological polar surface area (TPSA) is 38.9 Å². The summed E-state index contributed by atoms with van der Waals surface area (Å²) in [5.41, 5.74) is 11.8.